The molecule has 0 saturated heterocycles. The molecule has 1 N–H and O–H groups in total. The fourth-order valence-electron chi connectivity index (χ4n) is 1.22. The van der Waals surface area contributed by atoms with Crippen molar-refractivity contribution >= 4 is 11.5 Å². The molecule has 0 unspecified atom stereocenters. The van der Waals surface area contributed by atoms with Crippen LogP contribution in [0.2, 0.25) is 0 Å². The van der Waals surface area contributed by atoms with E-state index in [1.54, 1.807) is 25.1 Å². The summed E-state index contributed by atoms with van der Waals surface area (Å²) in [5.41, 5.74) is 1.78. The first-order valence-electron chi connectivity index (χ1n) is 4.30. The number of ether oxygens (including phenoxy) is 1. The number of Topliss-reactive ketones (excluding diaryl/α,β-unsaturated/α-hetero) is 1. The molecule has 0 aliphatic heterocycles. The van der Waals surface area contributed by atoms with Crippen molar-refractivity contribution < 1.29 is 9.53 Å². The fraction of sp³-hybridized carbons (Fsp3) is 0.273. The van der Waals surface area contributed by atoms with Crippen LogP contribution >= 0.6 is 0 Å². The highest BCUT2D eigenvalue weighted by molar-refractivity contribution is 6.00. The standard InChI is InChI=1S/C11H13NO2/c1-7(12)9-4-5-10(8(2)13)11(6-9)14-3/h4-6,12H,1-3H3. The average Bonchev–Trinajstić information content (AvgIpc) is 2.16. The maximum atomic E-state index is 11.2. The van der Waals surface area contributed by atoms with Crippen LogP contribution in [0, 0.1) is 5.41 Å². The Kier molecular flexibility index (Phi) is 3.02. The van der Waals surface area contributed by atoms with E-state index in [1.807, 2.05) is 0 Å². The van der Waals surface area contributed by atoms with Crippen LogP contribution in [0.3, 0.4) is 0 Å². The van der Waals surface area contributed by atoms with Gasteiger partial charge in [-0.05, 0) is 31.5 Å². The molecule has 74 valence electrons. The van der Waals surface area contributed by atoms with E-state index in [-0.39, 0.29) is 5.78 Å². The first kappa shape index (κ1) is 10.4. The fourth-order valence-corrected chi connectivity index (χ4v) is 1.22. The number of ketones is 1. The van der Waals surface area contributed by atoms with Crippen molar-refractivity contribution in [3.63, 3.8) is 0 Å². The quantitative estimate of drug-likeness (QED) is 0.588. The van der Waals surface area contributed by atoms with Gasteiger partial charge in [0.25, 0.3) is 0 Å². The first-order valence-corrected chi connectivity index (χ1v) is 4.30. The zero-order chi connectivity index (χ0) is 10.7. The number of benzene rings is 1. The van der Waals surface area contributed by atoms with Crippen LogP contribution in [0.5, 0.6) is 5.75 Å². The van der Waals surface area contributed by atoms with Crippen LogP contribution in [0.15, 0.2) is 18.2 Å². The van der Waals surface area contributed by atoms with Crippen molar-refractivity contribution in [3.8, 4) is 5.75 Å². The highest BCUT2D eigenvalue weighted by Crippen LogP contribution is 2.20. The molecule has 0 spiro atoms. The van der Waals surface area contributed by atoms with Gasteiger partial charge in [-0.1, -0.05) is 6.07 Å². The van der Waals surface area contributed by atoms with Gasteiger partial charge >= 0.3 is 0 Å². The van der Waals surface area contributed by atoms with E-state index in [9.17, 15) is 4.79 Å². The number of rotatable bonds is 3. The SMILES string of the molecule is COc1cc(C(C)=N)ccc1C(C)=O. The minimum absolute atomic E-state index is 0.0315. The Labute approximate surface area is 83.2 Å². The van der Waals surface area contributed by atoms with Gasteiger partial charge in [-0.15, -0.1) is 0 Å². The molecule has 0 amide bonds. The lowest BCUT2D eigenvalue weighted by atomic mass is 10.1. The molecule has 1 rings (SSSR count). The molecule has 1 aromatic rings. The summed E-state index contributed by atoms with van der Waals surface area (Å²) in [6.07, 6.45) is 0. The molecule has 0 aliphatic rings. The average molecular weight is 191 g/mol. The molecule has 0 fully saturated rings. The van der Waals surface area contributed by atoms with E-state index in [0.29, 0.717) is 17.0 Å². The molecule has 0 heterocycles. The molecule has 3 heteroatoms. The van der Waals surface area contributed by atoms with Gasteiger partial charge in [0.05, 0.1) is 12.7 Å². The van der Waals surface area contributed by atoms with Crippen molar-refractivity contribution in [1.82, 2.24) is 0 Å². The topological polar surface area (TPSA) is 50.1 Å². The summed E-state index contributed by atoms with van der Waals surface area (Å²) < 4.78 is 5.08. The van der Waals surface area contributed by atoms with Gasteiger partial charge < -0.3 is 10.1 Å². The smallest absolute Gasteiger partial charge is 0.163 e. The van der Waals surface area contributed by atoms with Crippen molar-refractivity contribution in [3.05, 3.63) is 29.3 Å². The van der Waals surface area contributed by atoms with E-state index in [4.69, 9.17) is 10.1 Å². The second kappa shape index (κ2) is 4.05. The third kappa shape index (κ3) is 1.99. The Hall–Kier alpha value is -1.64. The molecule has 0 radical (unpaired) electrons. The zero-order valence-electron chi connectivity index (χ0n) is 8.55. The Balaban J connectivity index is 3.25. The number of hydrogen-bond donors (Lipinski definition) is 1. The van der Waals surface area contributed by atoms with Crippen LogP contribution in [0.25, 0.3) is 0 Å². The molecule has 0 atom stereocenters. The summed E-state index contributed by atoms with van der Waals surface area (Å²) in [7, 11) is 1.52. The Bertz CT molecular complexity index is 383. The van der Waals surface area contributed by atoms with Gasteiger partial charge in [-0.2, -0.15) is 0 Å². The van der Waals surface area contributed by atoms with Crippen LogP contribution in [-0.4, -0.2) is 18.6 Å². The number of carbonyl (C=O) groups is 1. The minimum atomic E-state index is -0.0315. The van der Waals surface area contributed by atoms with E-state index in [2.05, 4.69) is 0 Å². The van der Waals surface area contributed by atoms with E-state index >= 15 is 0 Å². The van der Waals surface area contributed by atoms with Crippen LogP contribution < -0.4 is 4.74 Å². The lowest BCUT2D eigenvalue weighted by Crippen LogP contribution is -2.00. The number of carbonyl (C=O) groups excluding carboxylic acids is 1. The maximum Gasteiger partial charge on any atom is 0.163 e. The van der Waals surface area contributed by atoms with Crippen molar-refractivity contribution in [1.29, 1.82) is 5.41 Å². The number of methoxy groups -OCH3 is 1. The molecule has 14 heavy (non-hydrogen) atoms. The summed E-state index contributed by atoms with van der Waals surface area (Å²) in [4.78, 5) is 11.2. The molecular formula is C11H13NO2. The zero-order valence-corrected chi connectivity index (χ0v) is 8.55. The highest BCUT2D eigenvalue weighted by atomic mass is 16.5. The molecule has 3 nitrogen and oxygen atoms in total. The Morgan fingerprint density at radius 2 is 2.00 bits per heavy atom. The van der Waals surface area contributed by atoms with Gasteiger partial charge in [0.1, 0.15) is 5.75 Å². The normalized spacial score (nSPS) is 9.64. The monoisotopic (exact) mass is 191 g/mol. The summed E-state index contributed by atoms with van der Waals surface area (Å²) >= 11 is 0. The molecular weight excluding hydrogens is 178 g/mol. The lowest BCUT2D eigenvalue weighted by molar-refractivity contribution is 0.101. The summed E-state index contributed by atoms with van der Waals surface area (Å²) in [5.74, 6) is 0.498. The Morgan fingerprint density at radius 1 is 1.36 bits per heavy atom. The van der Waals surface area contributed by atoms with E-state index in [1.165, 1.54) is 14.0 Å². The van der Waals surface area contributed by atoms with Crippen LogP contribution in [-0.2, 0) is 0 Å². The van der Waals surface area contributed by atoms with Crippen LogP contribution in [0.4, 0.5) is 0 Å². The van der Waals surface area contributed by atoms with Crippen LogP contribution in [0.1, 0.15) is 29.8 Å². The van der Waals surface area contributed by atoms with Crippen molar-refractivity contribution in [2.75, 3.05) is 7.11 Å². The minimum Gasteiger partial charge on any atom is -0.496 e. The second-order valence-electron chi connectivity index (χ2n) is 3.10. The largest absolute Gasteiger partial charge is 0.496 e. The number of hydrogen-bond acceptors (Lipinski definition) is 3. The second-order valence-corrected chi connectivity index (χ2v) is 3.10. The predicted molar refractivity (Wildman–Crippen MR) is 55.5 cm³/mol. The molecule has 0 aliphatic carbocycles. The van der Waals surface area contributed by atoms with E-state index in [0.717, 1.165) is 5.56 Å². The third-order valence-corrected chi connectivity index (χ3v) is 2.01. The van der Waals surface area contributed by atoms with Gasteiger partial charge in [-0.25, -0.2) is 0 Å². The maximum absolute atomic E-state index is 11.2. The van der Waals surface area contributed by atoms with Gasteiger partial charge in [0.15, 0.2) is 5.78 Å². The summed E-state index contributed by atoms with van der Waals surface area (Å²) in [6, 6.07) is 5.15. The Morgan fingerprint density at radius 3 is 2.43 bits per heavy atom. The number of nitrogens with one attached hydrogen (secondary N) is 1. The predicted octanol–water partition coefficient (Wildman–Crippen LogP) is 2.29. The van der Waals surface area contributed by atoms with E-state index < -0.39 is 0 Å². The van der Waals surface area contributed by atoms with Gasteiger partial charge in [0.2, 0.25) is 0 Å². The highest BCUT2D eigenvalue weighted by Gasteiger charge is 2.08. The van der Waals surface area contributed by atoms with Crippen molar-refractivity contribution in [2.24, 2.45) is 0 Å². The molecule has 0 saturated carbocycles. The third-order valence-electron chi connectivity index (χ3n) is 2.01. The van der Waals surface area contributed by atoms with Crippen molar-refractivity contribution in [2.45, 2.75) is 13.8 Å². The lowest BCUT2D eigenvalue weighted by Gasteiger charge is -2.07. The summed E-state index contributed by atoms with van der Waals surface area (Å²) in [5, 5.41) is 7.44. The first-order chi connectivity index (χ1) is 6.56. The van der Waals surface area contributed by atoms with Gasteiger partial charge in [-0.3, -0.25) is 4.79 Å². The summed E-state index contributed by atoms with van der Waals surface area (Å²) in [6.45, 7) is 3.19. The molecule has 0 bridgehead atoms. The molecule has 0 aromatic heterocycles. The van der Waals surface area contributed by atoms with Gasteiger partial charge in [0, 0.05) is 5.71 Å². The molecule has 1 aromatic carbocycles.